The Morgan fingerprint density at radius 1 is 0.918 bits per heavy atom. The fraction of sp³-hybridized carbons (Fsp3) is 0.351. The van der Waals surface area contributed by atoms with E-state index in [-0.39, 0.29) is 72.4 Å². The molecule has 49 heavy (non-hydrogen) atoms. The first-order chi connectivity index (χ1) is 23.4. The summed E-state index contributed by atoms with van der Waals surface area (Å²) in [6.45, 7) is 7.62. The number of hydrogen-bond acceptors (Lipinski definition) is 8. The van der Waals surface area contributed by atoms with Crippen LogP contribution in [0.1, 0.15) is 36.7 Å². The first-order valence-corrected chi connectivity index (χ1v) is 15.9. The molecule has 0 saturated carbocycles. The van der Waals surface area contributed by atoms with Crippen LogP contribution < -0.4 is 20.1 Å². The van der Waals surface area contributed by atoms with Crippen molar-refractivity contribution in [2.75, 3.05) is 59.6 Å². The van der Waals surface area contributed by atoms with Crippen molar-refractivity contribution in [1.82, 2.24) is 20.4 Å². The van der Waals surface area contributed by atoms with Gasteiger partial charge in [-0.1, -0.05) is 39.0 Å². The fourth-order valence-electron chi connectivity index (χ4n) is 4.91. The smallest absolute Gasteiger partial charge is 0.260 e. The summed E-state index contributed by atoms with van der Waals surface area (Å²) in [7, 11) is 1.39. The van der Waals surface area contributed by atoms with Crippen molar-refractivity contribution in [2.45, 2.75) is 26.2 Å². The average Bonchev–Trinajstić information content (AvgIpc) is 3.09. The van der Waals surface area contributed by atoms with Crippen LogP contribution in [-0.2, 0) is 24.5 Å². The van der Waals surface area contributed by atoms with Crippen LogP contribution in [0.5, 0.6) is 11.5 Å². The second-order valence-corrected chi connectivity index (χ2v) is 12.2. The second-order valence-electron chi connectivity index (χ2n) is 12.2. The highest BCUT2D eigenvalue weighted by Gasteiger charge is 2.28. The monoisotopic (exact) mass is 670 g/mol. The lowest BCUT2D eigenvalue weighted by atomic mass is 9.87. The fourth-order valence-corrected chi connectivity index (χ4v) is 4.91. The van der Waals surface area contributed by atoms with Crippen LogP contribution in [0.2, 0.25) is 0 Å². The number of piperazine rings is 1. The Labute approximate surface area is 286 Å². The zero-order chi connectivity index (χ0) is 35.4. The van der Waals surface area contributed by atoms with Gasteiger partial charge in [0.05, 0.1) is 25.8 Å². The summed E-state index contributed by atoms with van der Waals surface area (Å²) < 4.78 is 16.7. The van der Waals surface area contributed by atoms with E-state index in [1.807, 2.05) is 12.1 Å². The molecule has 4 amide bonds. The van der Waals surface area contributed by atoms with Gasteiger partial charge in [0.2, 0.25) is 5.91 Å². The molecule has 12 nitrogen and oxygen atoms in total. The number of aliphatic hydroxyl groups excluding tert-OH is 1. The van der Waals surface area contributed by atoms with Crippen LogP contribution in [0, 0.1) is 0 Å². The molecule has 2 aromatic carbocycles. The Balaban J connectivity index is 1.15. The minimum atomic E-state index is -0.343. The van der Waals surface area contributed by atoms with Gasteiger partial charge in [0.15, 0.2) is 18.1 Å². The molecule has 4 rings (SSSR count). The predicted molar refractivity (Wildman–Crippen MR) is 182 cm³/mol. The Kier molecular flexibility index (Phi) is 12.5. The van der Waals surface area contributed by atoms with E-state index >= 15 is 0 Å². The molecule has 2 aliphatic rings. The van der Waals surface area contributed by atoms with Gasteiger partial charge in [-0.15, -0.1) is 5.73 Å². The Morgan fingerprint density at radius 3 is 2.27 bits per heavy atom. The molecule has 1 fully saturated rings. The molecule has 258 valence electrons. The standard InChI is InChI=1S/C37H42N4O8/c1-37(2,3)27-14-12-26(13-15-27)35(45)39-24-33(43)38-16-21-48-29-9-7-10-30(23-29)49-25-34(44)40-17-19-41(20-18-40)36(46)31-11-6-5-8-28(42)22-32(31)47-4/h6-15,23,42H,16-21,24-25H2,1-4H3,(H,38,43)(H,39,45)/b31-11+. The Morgan fingerprint density at radius 2 is 1.59 bits per heavy atom. The third kappa shape index (κ3) is 10.7. The maximum atomic E-state index is 13.2. The average molecular weight is 671 g/mol. The van der Waals surface area contributed by atoms with E-state index in [9.17, 15) is 24.3 Å². The van der Waals surface area contributed by atoms with E-state index in [1.54, 1.807) is 52.3 Å². The lowest BCUT2D eigenvalue weighted by Crippen LogP contribution is -2.52. The zero-order valence-corrected chi connectivity index (χ0v) is 28.2. The molecule has 0 bridgehead atoms. The molecule has 1 heterocycles. The van der Waals surface area contributed by atoms with Crippen LogP contribution in [0.15, 0.2) is 95.3 Å². The van der Waals surface area contributed by atoms with Crippen molar-refractivity contribution in [3.05, 3.63) is 106 Å². The number of methoxy groups -OCH3 is 1. The molecule has 0 spiro atoms. The number of amides is 4. The minimum absolute atomic E-state index is 0.0176. The molecule has 3 N–H and O–H groups in total. The molecule has 1 saturated heterocycles. The Bertz CT molecular complexity index is 1700. The molecule has 0 radical (unpaired) electrons. The highest BCUT2D eigenvalue weighted by Crippen LogP contribution is 2.23. The number of nitrogens with one attached hydrogen (secondary N) is 2. The van der Waals surface area contributed by atoms with E-state index < -0.39 is 0 Å². The number of carbonyl (C=O) groups is 4. The van der Waals surface area contributed by atoms with Gasteiger partial charge in [0.1, 0.15) is 18.1 Å². The number of hydrogen-bond donors (Lipinski definition) is 3. The molecule has 1 aliphatic carbocycles. The van der Waals surface area contributed by atoms with E-state index in [1.165, 1.54) is 19.3 Å². The lowest BCUT2D eigenvalue weighted by Gasteiger charge is -2.35. The van der Waals surface area contributed by atoms with E-state index in [0.717, 1.165) is 5.56 Å². The third-order valence-corrected chi connectivity index (χ3v) is 7.69. The normalized spacial score (nSPS) is 15.5. The van der Waals surface area contributed by atoms with Gasteiger partial charge < -0.3 is 39.8 Å². The summed E-state index contributed by atoms with van der Waals surface area (Å²) in [6, 6.07) is 14.1. The predicted octanol–water partition coefficient (Wildman–Crippen LogP) is 3.18. The molecule has 1 aliphatic heterocycles. The zero-order valence-electron chi connectivity index (χ0n) is 28.2. The van der Waals surface area contributed by atoms with E-state index in [2.05, 4.69) is 42.9 Å². The second kappa shape index (κ2) is 16.9. The van der Waals surface area contributed by atoms with Gasteiger partial charge in [-0.25, -0.2) is 0 Å². The van der Waals surface area contributed by atoms with Gasteiger partial charge in [0, 0.05) is 43.9 Å². The molecular weight excluding hydrogens is 628 g/mol. The number of aliphatic hydroxyl groups is 1. The molecule has 0 unspecified atom stereocenters. The van der Waals surface area contributed by atoms with Crippen LogP contribution in [0.4, 0.5) is 0 Å². The Hall–Kier alpha value is -5.70. The van der Waals surface area contributed by atoms with Gasteiger partial charge in [-0.2, -0.15) is 0 Å². The maximum absolute atomic E-state index is 13.2. The molecule has 0 atom stereocenters. The van der Waals surface area contributed by atoms with Crippen LogP contribution in [0.3, 0.4) is 0 Å². The van der Waals surface area contributed by atoms with Crippen molar-refractivity contribution in [1.29, 1.82) is 0 Å². The largest absolute Gasteiger partial charge is 0.501 e. The van der Waals surface area contributed by atoms with Gasteiger partial charge in [0.25, 0.3) is 17.7 Å². The topological polar surface area (TPSA) is 147 Å². The highest BCUT2D eigenvalue weighted by atomic mass is 16.5. The summed E-state index contributed by atoms with van der Waals surface area (Å²) in [6.07, 6.45) is 4.37. The van der Waals surface area contributed by atoms with Crippen molar-refractivity contribution in [3.63, 3.8) is 0 Å². The SMILES string of the molecule is COC1=C=C(O)C=C=C/C=C\1C(=O)N1CCN(C(=O)COc2cccc(OCCNC(=O)CNC(=O)c3ccc(C(C)(C)C)cc3)c2)CC1. The molecule has 12 heteroatoms. The van der Waals surface area contributed by atoms with E-state index in [4.69, 9.17) is 14.2 Å². The number of ether oxygens (including phenoxy) is 3. The lowest BCUT2D eigenvalue weighted by molar-refractivity contribution is -0.139. The van der Waals surface area contributed by atoms with Crippen molar-refractivity contribution < 1.29 is 38.5 Å². The third-order valence-electron chi connectivity index (χ3n) is 7.69. The first kappa shape index (κ1) is 36.1. The van der Waals surface area contributed by atoms with Crippen LogP contribution in [-0.4, -0.2) is 98.1 Å². The summed E-state index contributed by atoms with van der Waals surface area (Å²) in [4.78, 5) is 53.9. The van der Waals surface area contributed by atoms with Crippen LogP contribution in [0.25, 0.3) is 0 Å². The molecule has 2 aromatic rings. The molecular formula is C37H42N4O8. The van der Waals surface area contributed by atoms with Gasteiger partial charge >= 0.3 is 0 Å². The summed E-state index contributed by atoms with van der Waals surface area (Å²) in [5, 5.41) is 15.2. The number of benzene rings is 2. The number of nitrogens with zero attached hydrogens (tertiary/aromatic N) is 2. The first-order valence-electron chi connectivity index (χ1n) is 15.9. The summed E-state index contributed by atoms with van der Waals surface area (Å²) in [5.41, 5.74) is 7.18. The number of rotatable bonds is 12. The molecule has 0 aromatic heterocycles. The number of allylic oxidation sites excluding steroid dienone is 1. The quantitative estimate of drug-likeness (QED) is 0.231. The van der Waals surface area contributed by atoms with Crippen molar-refractivity contribution in [2.24, 2.45) is 0 Å². The van der Waals surface area contributed by atoms with Crippen molar-refractivity contribution in [3.8, 4) is 11.5 Å². The highest BCUT2D eigenvalue weighted by molar-refractivity contribution is 5.98. The van der Waals surface area contributed by atoms with E-state index in [0.29, 0.717) is 43.2 Å². The maximum Gasteiger partial charge on any atom is 0.260 e. The summed E-state index contributed by atoms with van der Waals surface area (Å²) >= 11 is 0. The van der Waals surface area contributed by atoms with Crippen molar-refractivity contribution >= 4 is 23.6 Å². The summed E-state index contributed by atoms with van der Waals surface area (Å²) in [5.74, 6) is -0.355. The minimum Gasteiger partial charge on any atom is -0.501 e. The van der Waals surface area contributed by atoms with Gasteiger partial charge in [-0.05, 0) is 53.1 Å². The van der Waals surface area contributed by atoms with Crippen LogP contribution >= 0.6 is 0 Å². The number of carbonyl (C=O) groups excluding carboxylic acids is 4. The van der Waals surface area contributed by atoms with Gasteiger partial charge in [-0.3, -0.25) is 19.2 Å².